The number of piperidine rings is 2. The van der Waals surface area contributed by atoms with Crippen LogP contribution in [0.4, 0.5) is 33.2 Å². The van der Waals surface area contributed by atoms with Crippen molar-refractivity contribution in [2.45, 2.75) is 57.5 Å². The summed E-state index contributed by atoms with van der Waals surface area (Å²) in [6, 6.07) is 14.3. The Bertz CT molecular complexity index is 2940. The number of pyridine rings is 1. The summed E-state index contributed by atoms with van der Waals surface area (Å²) in [5, 5.41) is 10.6. The molecule has 19 heteroatoms. The summed E-state index contributed by atoms with van der Waals surface area (Å²) in [4.78, 5) is 58.6. The van der Waals surface area contributed by atoms with Gasteiger partial charge < -0.3 is 34.2 Å². The van der Waals surface area contributed by atoms with Crippen LogP contribution in [0.2, 0.25) is 0 Å². The Labute approximate surface area is 389 Å². The highest BCUT2D eigenvalue weighted by atomic mass is 79.9. The predicted octanol–water partition coefficient (Wildman–Crippen LogP) is 6.95. The van der Waals surface area contributed by atoms with Crippen LogP contribution in [0.1, 0.15) is 49.8 Å². The number of imide groups is 1. The number of nitrogens with one attached hydrogen (secondary N) is 3. The maximum atomic E-state index is 15.2. The van der Waals surface area contributed by atoms with Crippen LogP contribution in [0.15, 0.2) is 74.6 Å². The summed E-state index contributed by atoms with van der Waals surface area (Å²) in [6.45, 7) is 11.9. The first-order valence-corrected chi connectivity index (χ1v) is 25.8. The topological polar surface area (TPSA) is 180 Å². The second-order valence-corrected chi connectivity index (χ2v) is 21.5. The average molecular weight is 984 g/mol. The molecule has 66 heavy (non-hydrogen) atoms. The van der Waals surface area contributed by atoms with Gasteiger partial charge in [-0.3, -0.25) is 29.4 Å². The molecule has 3 aromatic heterocycles. The number of rotatable bonds is 13. The first-order chi connectivity index (χ1) is 31.8. The number of anilines is 5. The SMILES string of the molecule is CCc1cc(Nc2ncc(Br)c(Nc3cnc4ccccc4c3P(C)(C)=O)n2)c(OC)cc1N1CCC(N2CCN(CCc3ccc(F)c4c3oc(=O)n4C3CCC(=O)NC3=O)CC2)CC1. The van der Waals surface area contributed by atoms with Crippen LogP contribution in [0.3, 0.4) is 0 Å². The van der Waals surface area contributed by atoms with E-state index in [-0.39, 0.29) is 23.9 Å². The van der Waals surface area contributed by atoms with Crippen molar-refractivity contribution in [1.29, 1.82) is 0 Å². The van der Waals surface area contributed by atoms with Crippen LogP contribution in [-0.2, 0) is 27.0 Å². The molecule has 3 aromatic carbocycles. The molecule has 346 valence electrons. The van der Waals surface area contributed by atoms with Gasteiger partial charge in [0.1, 0.15) is 30.3 Å². The van der Waals surface area contributed by atoms with E-state index in [1.807, 2.05) is 24.3 Å². The van der Waals surface area contributed by atoms with Gasteiger partial charge in [0.15, 0.2) is 11.4 Å². The Kier molecular flexibility index (Phi) is 13.0. The van der Waals surface area contributed by atoms with Crippen molar-refractivity contribution in [3.05, 3.63) is 92.9 Å². The van der Waals surface area contributed by atoms with Crippen molar-refractivity contribution in [3.8, 4) is 5.75 Å². The van der Waals surface area contributed by atoms with E-state index in [1.165, 1.54) is 11.6 Å². The molecule has 3 aliphatic rings. The number of hydrogen-bond acceptors (Lipinski definition) is 14. The van der Waals surface area contributed by atoms with E-state index >= 15 is 4.39 Å². The van der Waals surface area contributed by atoms with Crippen molar-refractivity contribution >= 4 is 91.0 Å². The lowest BCUT2D eigenvalue weighted by atomic mass is 9.99. The van der Waals surface area contributed by atoms with E-state index in [2.05, 4.69) is 75.6 Å². The zero-order valence-corrected chi connectivity index (χ0v) is 39.9. The molecule has 16 nitrogen and oxygen atoms in total. The second kappa shape index (κ2) is 18.9. The molecule has 3 N–H and O–H groups in total. The molecule has 3 saturated heterocycles. The quantitative estimate of drug-likeness (QED) is 0.0800. The van der Waals surface area contributed by atoms with E-state index in [0.29, 0.717) is 57.6 Å². The van der Waals surface area contributed by atoms with Gasteiger partial charge in [-0.2, -0.15) is 4.98 Å². The number of aromatic nitrogens is 4. The molecule has 6 heterocycles. The number of hydrogen-bond donors (Lipinski definition) is 3. The molecular formula is C47H53BrFN10O6P. The maximum absolute atomic E-state index is 15.2. The monoisotopic (exact) mass is 982 g/mol. The van der Waals surface area contributed by atoms with Gasteiger partial charge in [-0.05, 0) is 90.7 Å². The molecule has 0 bridgehead atoms. The zero-order valence-electron chi connectivity index (χ0n) is 37.4. The molecule has 0 radical (unpaired) electrons. The molecule has 9 rings (SSSR count). The number of benzene rings is 3. The van der Waals surface area contributed by atoms with Gasteiger partial charge in [0.2, 0.25) is 17.8 Å². The molecule has 1 unspecified atom stereocenters. The molecule has 6 aromatic rings. The van der Waals surface area contributed by atoms with Crippen molar-refractivity contribution in [2.75, 3.05) is 81.8 Å². The Morgan fingerprint density at radius 2 is 1.71 bits per heavy atom. The Balaban J connectivity index is 0.816. The number of amides is 2. The Morgan fingerprint density at radius 1 is 0.939 bits per heavy atom. The number of aryl methyl sites for hydroxylation is 1. The molecule has 0 aliphatic carbocycles. The molecule has 1 atom stereocenters. The van der Waals surface area contributed by atoms with Gasteiger partial charge in [-0.15, -0.1) is 0 Å². The highest BCUT2D eigenvalue weighted by Gasteiger charge is 2.34. The minimum absolute atomic E-state index is 0.0310. The molecule has 3 aliphatic heterocycles. The largest absolute Gasteiger partial charge is 0.494 e. The minimum atomic E-state index is -2.73. The van der Waals surface area contributed by atoms with Gasteiger partial charge in [0.25, 0.3) is 0 Å². The van der Waals surface area contributed by atoms with E-state index in [9.17, 15) is 18.9 Å². The first kappa shape index (κ1) is 45.5. The normalized spacial score (nSPS) is 18.0. The lowest BCUT2D eigenvalue weighted by molar-refractivity contribution is -0.135. The first-order valence-electron chi connectivity index (χ1n) is 22.4. The summed E-state index contributed by atoms with van der Waals surface area (Å²) in [5.41, 5.74) is 5.31. The summed E-state index contributed by atoms with van der Waals surface area (Å²) >= 11 is 3.60. The van der Waals surface area contributed by atoms with E-state index in [1.54, 1.807) is 38.9 Å². The third kappa shape index (κ3) is 9.20. The van der Waals surface area contributed by atoms with Gasteiger partial charge in [0, 0.05) is 86.9 Å². The summed E-state index contributed by atoms with van der Waals surface area (Å²) < 4.78 is 42.0. The number of methoxy groups -OCH3 is 1. The summed E-state index contributed by atoms with van der Waals surface area (Å²) in [7, 11) is -1.06. The number of para-hydroxylation sites is 1. The lowest BCUT2D eigenvalue weighted by Crippen LogP contribution is -2.53. The van der Waals surface area contributed by atoms with E-state index in [4.69, 9.17) is 14.1 Å². The van der Waals surface area contributed by atoms with Gasteiger partial charge in [0.05, 0.1) is 34.7 Å². The van der Waals surface area contributed by atoms with E-state index < -0.39 is 36.6 Å². The van der Waals surface area contributed by atoms with Crippen LogP contribution >= 0.6 is 23.1 Å². The standard InChI is InChI=1S/C47H53BrFN10O6P/c1-5-28-24-35(53-46-51-26-32(48)44(55-46)52-36-27-50-34-9-7-6-8-31(34)43(36)66(3,4)63)39(64-2)25-38(28)58-18-15-30(16-19-58)57-22-20-56(21-23-57)17-14-29-10-11-33(49)41-42(29)65-47(62)59(41)37-12-13-40(60)54-45(37)61/h6-11,24-27,30,37H,5,12-23H2,1-4H3,(H,54,60,61)(H2,51,52,53,55). The van der Waals surface area contributed by atoms with Crippen LogP contribution in [0.5, 0.6) is 5.75 Å². The Hall–Kier alpha value is -5.68. The summed E-state index contributed by atoms with van der Waals surface area (Å²) in [5.74, 6) is -0.951. The maximum Gasteiger partial charge on any atom is 0.420 e. The van der Waals surface area contributed by atoms with Gasteiger partial charge in [-0.25, -0.2) is 14.2 Å². The van der Waals surface area contributed by atoms with Crippen LogP contribution in [0, 0.1) is 5.82 Å². The van der Waals surface area contributed by atoms with Crippen molar-refractivity contribution in [2.24, 2.45) is 0 Å². The number of piperazine rings is 1. The van der Waals surface area contributed by atoms with Gasteiger partial charge >= 0.3 is 5.76 Å². The lowest BCUT2D eigenvalue weighted by Gasteiger charge is -2.43. The highest BCUT2D eigenvalue weighted by molar-refractivity contribution is 9.10. The molecule has 3 fully saturated rings. The number of nitrogens with zero attached hydrogens (tertiary/aromatic N) is 7. The molecule has 0 spiro atoms. The fourth-order valence-electron chi connectivity index (χ4n) is 9.69. The average Bonchev–Trinajstić information content (AvgIpc) is 3.66. The second-order valence-electron chi connectivity index (χ2n) is 17.5. The molecular weight excluding hydrogens is 930 g/mol. The number of oxazole rings is 1. The fourth-order valence-corrected chi connectivity index (χ4v) is 11.4. The fraction of sp³-hybridized carbons (Fsp3) is 0.404. The third-order valence-electron chi connectivity index (χ3n) is 13.0. The van der Waals surface area contributed by atoms with Crippen LogP contribution in [0.25, 0.3) is 22.0 Å². The number of fused-ring (bicyclic) bond motifs is 2. The Morgan fingerprint density at radius 3 is 2.44 bits per heavy atom. The highest BCUT2D eigenvalue weighted by Crippen LogP contribution is 2.42. The predicted molar refractivity (Wildman–Crippen MR) is 258 cm³/mol. The van der Waals surface area contributed by atoms with Crippen LogP contribution < -0.4 is 36.6 Å². The number of carbonyl (C=O) groups is 2. The number of halogens is 2. The van der Waals surface area contributed by atoms with Gasteiger partial charge in [-0.1, -0.05) is 31.2 Å². The number of carbonyl (C=O) groups excluding carboxylic acids is 2. The zero-order chi connectivity index (χ0) is 46.3. The van der Waals surface area contributed by atoms with E-state index in [0.717, 1.165) is 85.4 Å². The summed E-state index contributed by atoms with van der Waals surface area (Å²) in [6.07, 6.45) is 6.98. The van der Waals surface area contributed by atoms with Crippen molar-refractivity contribution in [3.63, 3.8) is 0 Å². The van der Waals surface area contributed by atoms with Crippen LogP contribution in [-0.4, -0.2) is 113 Å². The number of ether oxygens (including phenoxy) is 1. The third-order valence-corrected chi connectivity index (χ3v) is 15.2. The van der Waals surface area contributed by atoms with Crippen molar-refractivity contribution < 1.29 is 27.7 Å². The molecule has 2 amide bonds. The molecule has 0 saturated carbocycles. The smallest absolute Gasteiger partial charge is 0.420 e. The van der Waals surface area contributed by atoms with Crippen molar-refractivity contribution in [1.82, 2.24) is 34.6 Å². The minimum Gasteiger partial charge on any atom is -0.494 e.